The molecule has 3 heteroatoms. The van der Waals surface area contributed by atoms with Crippen LogP contribution in [0.25, 0.3) is 0 Å². The molecule has 1 aliphatic carbocycles. The van der Waals surface area contributed by atoms with Gasteiger partial charge < -0.3 is 10.8 Å². The maximum absolute atomic E-state index is 10.2. The van der Waals surface area contributed by atoms with E-state index in [4.69, 9.17) is 5.73 Å². The van der Waals surface area contributed by atoms with Gasteiger partial charge in [0, 0.05) is 18.9 Å². The van der Waals surface area contributed by atoms with Crippen LogP contribution in [-0.4, -0.2) is 16.6 Å². The van der Waals surface area contributed by atoms with E-state index in [9.17, 15) is 5.11 Å². The summed E-state index contributed by atoms with van der Waals surface area (Å²) in [7, 11) is 0. The fourth-order valence-corrected chi connectivity index (χ4v) is 2.00. The zero-order valence-corrected chi connectivity index (χ0v) is 7.53. The van der Waals surface area contributed by atoms with Gasteiger partial charge >= 0.3 is 0 Å². The van der Waals surface area contributed by atoms with E-state index in [1.54, 1.807) is 6.20 Å². The lowest BCUT2D eigenvalue weighted by molar-refractivity contribution is 0.0278. The summed E-state index contributed by atoms with van der Waals surface area (Å²) >= 11 is 0. The van der Waals surface area contributed by atoms with Gasteiger partial charge in [0.2, 0.25) is 0 Å². The molecule has 70 valence electrons. The van der Waals surface area contributed by atoms with Gasteiger partial charge in [-0.2, -0.15) is 0 Å². The molecule has 0 saturated carbocycles. The van der Waals surface area contributed by atoms with Crippen LogP contribution in [0.4, 0.5) is 0 Å². The molecule has 1 atom stereocenters. The number of hydrogen-bond acceptors (Lipinski definition) is 3. The molecule has 1 aliphatic rings. The zero-order valence-electron chi connectivity index (χ0n) is 7.53. The van der Waals surface area contributed by atoms with Crippen LogP contribution in [-0.2, 0) is 12.0 Å². The molecule has 1 aromatic heterocycles. The summed E-state index contributed by atoms with van der Waals surface area (Å²) in [5, 5.41) is 10.2. The smallest absolute Gasteiger partial charge is 0.102 e. The minimum Gasteiger partial charge on any atom is -0.384 e. The molecule has 1 aromatic rings. The fraction of sp³-hybridized carbons (Fsp3) is 0.500. The number of fused-ring (bicyclic) bond motifs is 1. The normalized spacial score (nSPS) is 26.9. The molecule has 0 amide bonds. The van der Waals surface area contributed by atoms with Gasteiger partial charge in [0.1, 0.15) is 5.60 Å². The van der Waals surface area contributed by atoms with Crippen molar-refractivity contribution in [1.29, 1.82) is 0 Å². The Hall–Kier alpha value is -0.930. The van der Waals surface area contributed by atoms with Crippen LogP contribution in [0.3, 0.4) is 0 Å². The van der Waals surface area contributed by atoms with Crippen molar-refractivity contribution < 1.29 is 5.11 Å². The number of nitrogens with two attached hydrogens (primary N) is 1. The van der Waals surface area contributed by atoms with E-state index in [0.717, 1.165) is 30.4 Å². The quantitative estimate of drug-likeness (QED) is 0.660. The highest BCUT2D eigenvalue weighted by Gasteiger charge is 2.32. The average molecular weight is 178 g/mol. The molecule has 3 N–H and O–H groups in total. The largest absolute Gasteiger partial charge is 0.384 e. The molecule has 2 rings (SSSR count). The van der Waals surface area contributed by atoms with Gasteiger partial charge in [0.15, 0.2) is 0 Å². The molecule has 0 radical (unpaired) electrons. The molecule has 0 saturated heterocycles. The first-order chi connectivity index (χ1) is 6.26. The predicted molar refractivity (Wildman–Crippen MR) is 50.1 cm³/mol. The minimum absolute atomic E-state index is 0.296. The molecule has 0 spiro atoms. The Balaban J connectivity index is 2.48. The third-order valence-electron chi connectivity index (χ3n) is 2.78. The molecule has 0 bridgehead atoms. The van der Waals surface area contributed by atoms with Gasteiger partial charge in [-0.15, -0.1) is 0 Å². The minimum atomic E-state index is -0.809. The number of aromatic nitrogens is 1. The van der Waals surface area contributed by atoms with Crippen molar-refractivity contribution >= 4 is 0 Å². The Kier molecular flexibility index (Phi) is 2.06. The molecule has 3 nitrogen and oxygen atoms in total. The topological polar surface area (TPSA) is 59.1 Å². The van der Waals surface area contributed by atoms with E-state index in [0.29, 0.717) is 6.54 Å². The molecule has 1 unspecified atom stereocenters. The van der Waals surface area contributed by atoms with Crippen LogP contribution in [0.1, 0.15) is 24.0 Å². The first-order valence-electron chi connectivity index (χ1n) is 4.62. The Morgan fingerprint density at radius 2 is 2.46 bits per heavy atom. The van der Waals surface area contributed by atoms with Crippen molar-refractivity contribution in [2.24, 2.45) is 5.73 Å². The van der Waals surface area contributed by atoms with Gasteiger partial charge in [-0.25, -0.2) is 0 Å². The SMILES string of the molecule is NCC1(O)CCCc2cnccc21. The Labute approximate surface area is 77.6 Å². The van der Waals surface area contributed by atoms with Gasteiger partial charge in [-0.3, -0.25) is 4.98 Å². The Morgan fingerprint density at radius 3 is 3.23 bits per heavy atom. The average Bonchev–Trinajstić information content (AvgIpc) is 2.19. The third kappa shape index (κ3) is 1.34. The molecule has 0 aromatic carbocycles. The van der Waals surface area contributed by atoms with Crippen molar-refractivity contribution in [3.63, 3.8) is 0 Å². The number of rotatable bonds is 1. The monoisotopic (exact) mass is 178 g/mol. The third-order valence-corrected chi connectivity index (χ3v) is 2.78. The number of pyridine rings is 1. The lowest BCUT2D eigenvalue weighted by Crippen LogP contribution is -2.38. The van der Waals surface area contributed by atoms with Crippen LogP contribution in [0, 0.1) is 0 Å². The number of aliphatic hydroxyl groups is 1. The summed E-state index contributed by atoms with van der Waals surface area (Å²) in [5.41, 5.74) is 6.88. The van der Waals surface area contributed by atoms with Crippen LogP contribution in [0.15, 0.2) is 18.5 Å². The van der Waals surface area contributed by atoms with Crippen LogP contribution in [0.2, 0.25) is 0 Å². The van der Waals surface area contributed by atoms with Crippen molar-refractivity contribution in [1.82, 2.24) is 4.98 Å². The van der Waals surface area contributed by atoms with E-state index < -0.39 is 5.60 Å². The van der Waals surface area contributed by atoms with Crippen LogP contribution in [0.5, 0.6) is 0 Å². The van der Waals surface area contributed by atoms with Crippen molar-refractivity contribution in [2.45, 2.75) is 24.9 Å². The van der Waals surface area contributed by atoms with Crippen molar-refractivity contribution in [3.8, 4) is 0 Å². The van der Waals surface area contributed by atoms with Gasteiger partial charge in [0.25, 0.3) is 0 Å². The summed E-state index contributed by atoms with van der Waals surface area (Å²) in [5.74, 6) is 0. The summed E-state index contributed by atoms with van der Waals surface area (Å²) in [4.78, 5) is 4.05. The fourth-order valence-electron chi connectivity index (χ4n) is 2.00. The van der Waals surface area contributed by atoms with E-state index >= 15 is 0 Å². The second-order valence-electron chi connectivity index (χ2n) is 3.62. The van der Waals surface area contributed by atoms with Crippen LogP contribution >= 0.6 is 0 Å². The highest BCUT2D eigenvalue weighted by atomic mass is 16.3. The van der Waals surface area contributed by atoms with Gasteiger partial charge in [0.05, 0.1) is 0 Å². The molecule has 1 heterocycles. The number of aryl methyl sites for hydroxylation is 1. The standard InChI is InChI=1S/C10H14N2O/c11-7-10(13)4-1-2-8-6-12-5-3-9(8)10/h3,5-6,13H,1-2,4,7,11H2. The first-order valence-corrected chi connectivity index (χ1v) is 4.62. The summed E-state index contributed by atoms with van der Waals surface area (Å²) in [6.45, 7) is 0.296. The lowest BCUT2D eigenvalue weighted by Gasteiger charge is -2.32. The zero-order chi connectivity index (χ0) is 9.31. The van der Waals surface area contributed by atoms with E-state index in [-0.39, 0.29) is 0 Å². The van der Waals surface area contributed by atoms with E-state index in [1.165, 1.54) is 0 Å². The Bertz CT molecular complexity index is 314. The molecule has 13 heavy (non-hydrogen) atoms. The highest BCUT2D eigenvalue weighted by Crippen LogP contribution is 2.33. The highest BCUT2D eigenvalue weighted by molar-refractivity contribution is 5.32. The molecular formula is C10H14N2O. The summed E-state index contributed by atoms with van der Waals surface area (Å²) < 4.78 is 0. The van der Waals surface area contributed by atoms with E-state index in [1.807, 2.05) is 12.3 Å². The number of nitrogens with zero attached hydrogens (tertiary/aromatic N) is 1. The lowest BCUT2D eigenvalue weighted by atomic mass is 9.80. The van der Waals surface area contributed by atoms with Crippen molar-refractivity contribution in [2.75, 3.05) is 6.54 Å². The maximum Gasteiger partial charge on any atom is 0.102 e. The predicted octanol–water partition coefficient (Wildman–Crippen LogP) is 0.564. The summed E-state index contributed by atoms with van der Waals surface area (Å²) in [6, 6.07) is 1.88. The molecule has 0 fully saturated rings. The second kappa shape index (κ2) is 3.09. The van der Waals surface area contributed by atoms with Gasteiger partial charge in [-0.1, -0.05) is 0 Å². The van der Waals surface area contributed by atoms with Crippen molar-refractivity contribution in [3.05, 3.63) is 29.6 Å². The Morgan fingerprint density at radius 1 is 1.62 bits per heavy atom. The number of hydrogen-bond donors (Lipinski definition) is 2. The molecular weight excluding hydrogens is 164 g/mol. The van der Waals surface area contributed by atoms with Crippen LogP contribution < -0.4 is 5.73 Å². The maximum atomic E-state index is 10.2. The van der Waals surface area contributed by atoms with Gasteiger partial charge in [-0.05, 0) is 36.5 Å². The molecule has 0 aliphatic heterocycles. The first kappa shape index (κ1) is 8.66. The summed E-state index contributed by atoms with van der Waals surface area (Å²) in [6.07, 6.45) is 6.30. The second-order valence-corrected chi connectivity index (χ2v) is 3.62. The van der Waals surface area contributed by atoms with E-state index in [2.05, 4.69) is 4.98 Å².